The monoisotopic (exact) mass is 480 g/mol. The van der Waals surface area contributed by atoms with Crippen molar-refractivity contribution in [2.75, 3.05) is 4.90 Å². The predicted molar refractivity (Wildman–Crippen MR) is 144 cm³/mol. The molecule has 0 fully saturated rings. The van der Waals surface area contributed by atoms with Crippen LogP contribution in [0.4, 0.5) is 5.69 Å². The van der Waals surface area contributed by atoms with Gasteiger partial charge in [-0.15, -0.1) is 0 Å². The molecule has 0 bridgehead atoms. The van der Waals surface area contributed by atoms with E-state index in [4.69, 9.17) is 0 Å². The van der Waals surface area contributed by atoms with Crippen LogP contribution in [0.15, 0.2) is 71.1 Å². The number of rotatable bonds is 3. The van der Waals surface area contributed by atoms with E-state index in [9.17, 15) is 9.59 Å². The Morgan fingerprint density at radius 1 is 0.889 bits per heavy atom. The van der Waals surface area contributed by atoms with Gasteiger partial charge >= 0.3 is 0 Å². The summed E-state index contributed by atoms with van der Waals surface area (Å²) in [6.07, 6.45) is 5.77. The first-order chi connectivity index (χ1) is 17.3. The standard InChI is InChI=1S/C32H36N2O2/c1-20-18-32(2,3)34(19-21-9-5-4-6-10-21)26-16-15-22(17-23(20)26)29-30-24(11-7-13-27(30)35)33-25-12-8-14-28(36)31(25)29/h4-6,9-10,15-17,20,29,33H,7-8,11-14,18-19H2,1-3H3/t20-/m0/s1. The largest absolute Gasteiger partial charge is 0.362 e. The number of carbonyl (C=O) groups excluding carboxylic acids is 2. The van der Waals surface area contributed by atoms with E-state index in [1.165, 1.54) is 16.8 Å². The van der Waals surface area contributed by atoms with Crippen LogP contribution in [0.3, 0.4) is 0 Å². The fraction of sp³-hybridized carbons (Fsp3) is 0.438. The summed E-state index contributed by atoms with van der Waals surface area (Å²) in [6.45, 7) is 7.86. The van der Waals surface area contributed by atoms with Gasteiger partial charge in [0.05, 0.1) is 0 Å². The Bertz CT molecular complexity index is 1260. The van der Waals surface area contributed by atoms with Crippen LogP contribution in [-0.2, 0) is 16.1 Å². The van der Waals surface area contributed by atoms with E-state index in [1.54, 1.807) is 0 Å². The first-order valence-corrected chi connectivity index (χ1v) is 13.6. The summed E-state index contributed by atoms with van der Waals surface area (Å²) < 4.78 is 0. The number of nitrogens with one attached hydrogen (secondary N) is 1. The number of fused-ring (bicyclic) bond motifs is 1. The highest BCUT2D eigenvalue weighted by Gasteiger charge is 2.42. The zero-order chi connectivity index (χ0) is 25.0. The van der Waals surface area contributed by atoms with E-state index < -0.39 is 0 Å². The second-order valence-corrected chi connectivity index (χ2v) is 11.7. The highest BCUT2D eigenvalue weighted by molar-refractivity contribution is 6.06. The number of carbonyl (C=O) groups is 2. The Morgan fingerprint density at radius 2 is 1.53 bits per heavy atom. The molecule has 0 spiro atoms. The van der Waals surface area contributed by atoms with Gasteiger partial charge in [0.15, 0.2) is 11.6 Å². The molecule has 2 aliphatic carbocycles. The van der Waals surface area contributed by atoms with Crippen molar-refractivity contribution < 1.29 is 9.59 Å². The third kappa shape index (κ3) is 3.82. The van der Waals surface area contributed by atoms with Gasteiger partial charge < -0.3 is 10.2 Å². The maximum Gasteiger partial charge on any atom is 0.161 e. The average molecular weight is 481 g/mol. The molecule has 0 saturated carbocycles. The SMILES string of the molecule is C[C@H]1CC(C)(C)N(Cc2ccccc2)c2ccc(C3C4=C(CCCC4=O)NC4=C3C(=O)CCC4)cc21. The molecule has 0 saturated heterocycles. The van der Waals surface area contributed by atoms with Crippen LogP contribution in [-0.4, -0.2) is 17.1 Å². The summed E-state index contributed by atoms with van der Waals surface area (Å²) in [6, 6.07) is 17.4. The number of benzene rings is 2. The Morgan fingerprint density at radius 3 is 2.17 bits per heavy atom. The Hall–Kier alpha value is -3.14. The van der Waals surface area contributed by atoms with Gasteiger partial charge in [0, 0.05) is 59.1 Å². The molecule has 186 valence electrons. The van der Waals surface area contributed by atoms with Gasteiger partial charge in [-0.2, -0.15) is 0 Å². The lowest BCUT2D eigenvalue weighted by molar-refractivity contribution is -0.116. The summed E-state index contributed by atoms with van der Waals surface area (Å²) >= 11 is 0. The molecular formula is C32H36N2O2. The van der Waals surface area contributed by atoms with Gasteiger partial charge in [-0.3, -0.25) is 9.59 Å². The Balaban J connectivity index is 1.47. The number of hydrogen-bond donors (Lipinski definition) is 1. The van der Waals surface area contributed by atoms with Crippen LogP contribution in [0.5, 0.6) is 0 Å². The van der Waals surface area contributed by atoms with Crippen LogP contribution in [0.1, 0.15) is 94.2 Å². The number of allylic oxidation sites excluding steroid dienone is 4. The van der Waals surface area contributed by atoms with Crippen LogP contribution in [0.2, 0.25) is 0 Å². The third-order valence-electron chi connectivity index (χ3n) is 8.72. The molecule has 2 heterocycles. The van der Waals surface area contributed by atoms with Crippen molar-refractivity contribution in [2.45, 2.75) is 89.6 Å². The minimum Gasteiger partial charge on any atom is -0.362 e. The lowest BCUT2D eigenvalue weighted by Gasteiger charge is -2.48. The zero-order valence-electron chi connectivity index (χ0n) is 21.7. The molecule has 36 heavy (non-hydrogen) atoms. The predicted octanol–water partition coefficient (Wildman–Crippen LogP) is 6.68. The van der Waals surface area contributed by atoms with Crippen molar-refractivity contribution in [1.82, 2.24) is 5.32 Å². The molecule has 2 aromatic rings. The number of nitrogens with zero attached hydrogens (tertiary/aromatic N) is 1. The summed E-state index contributed by atoms with van der Waals surface area (Å²) in [5, 5.41) is 3.54. The van der Waals surface area contributed by atoms with Crippen LogP contribution >= 0.6 is 0 Å². The summed E-state index contributed by atoms with van der Waals surface area (Å²) in [4.78, 5) is 29.0. The zero-order valence-corrected chi connectivity index (χ0v) is 21.7. The highest BCUT2D eigenvalue weighted by atomic mass is 16.1. The minimum absolute atomic E-state index is 0.0304. The fourth-order valence-electron chi connectivity index (χ4n) is 7.07. The van der Waals surface area contributed by atoms with Gasteiger partial charge in [-0.1, -0.05) is 49.4 Å². The van der Waals surface area contributed by atoms with Crippen molar-refractivity contribution in [1.29, 1.82) is 0 Å². The molecule has 0 aromatic heterocycles. The van der Waals surface area contributed by atoms with Gasteiger partial charge in [0.1, 0.15) is 0 Å². The molecule has 6 rings (SSSR count). The minimum atomic E-state index is -0.230. The van der Waals surface area contributed by atoms with Gasteiger partial charge in [-0.25, -0.2) is 0 Å². The Kier molecular flexibility index (Phi) is 5.66. The topological polar surface area (TPSA) is 49.4 Å². The van der Waals surface area contributed by atoms with Crippen molar-refractivity contribution >= 4 is 17.3 Å². The van der Waals surface area contributed by atoms with Crippen molar-refractivity contribution in [3.8, 4) is 0 Å². The summed E-state index contributed by atoms with van der Waals surface area (Å²) in [5.74, 6) is 0.578. The summed E-state index contributed by atoms with van der Waals surface area (Å²) in [5.41, 5.74) is 8.85. The average Bonchev–Trinajstić information content (AvgIpc) is 2.86. The highest BCUT2D eigenvalue weighted by Crippen LogP contribution is 2.49. The normalized spacial score (nSPS) is 23.8. The van der Waals surface area contributed by atoms with E-state index >= 15 is 0 Å². The molecule has 2 aromatic carbocycles. The first kappa shape index (κ1) is 23.3. The van der Waals surface area contributed by atoms with Crippen LogP contribution in [0, 0.1) is 0 Å². The first-order valence-electron chi connectivity index (χ1n) is 13.6. The maximum absolute atomic E-state index is 13.2. The van der Waals surface area contributed by atoms with E-state index in [-0.39, 0.29) is 23.0 Å². The third-order valence-corrected chi connectivity index (χ3v) is 8.72. The van der Waals surface area contributed by atoms with Crippen LogP contribution < -0.4 is 10.2 Å². The van der Waals surface area contributed by atoms with E-state index in [1.807, 2.05) is 0 Å². The van der Waals surface area contributed by atoms with Gasteiger partial charge in [0.2, 0.25) is 0 Å². The van der Waals surface area contributed by atoms with Crippen LogP contribution in [0.25, 0.3) is 0 Å². The van der Waals surface area contributed by atoms with Gasteiger partial charge in [0.25, 0.3) is 0 Å². The van der Waals surface area contributed by atoms with E-state index in [2.05, 4.69) is 79.5 Å². The molecule has 0 radical (unpaired) electrons. The molecular weight excluding hydrogens is 444 g/mol. The van der Waals surface area contributed by atoms with Gasteiger partial charge in [-0.05, 0) is 74.6 Å². The number of ketones is 2. The molecule has 0 unspecified atom stereocenters. The number of anilines is 1. The molecule has 4 heteroatoms. The smallest absolute Gasteiger partial charge is 0.161 e. The molecule has 0 amide bonds. The Labute approximate surface area is 214 Å². The van der Waals surface area contributed by atoms with Crippen molar-refractivity contribution in [3.63, 3.8) is 0 Å². The molecule has 4 nitrogen and oxygen atoms in total. The summed E-state index contributed by atoms with van der Waals surface area (Å²) in [7, 11) is 0. The quantitative estimate of drug-likeness (QED) is 0.532. The number of Topliss-reactive ketones (excluding diaryl/α,β-unsaturated/α-hetero) is 2. The maximum atomic E-state index is 13.2. The number of dihydropyridines is 1. The van der Waals surface area contributed by atoms with E-state index in [0.29, 0.717) is 18.8 Å². The van der Waals surface area contributed by atoms with Crippen molar-refractivity contribution in [2.24, 2.45) is 0 Å². The molecule has 1 atom stereocenters. The second-order valence-electron chi connectivity index (χ2n) is 11.7. The molecule has 2 aliphatic heterocycles. The van der Waals surface area contributed by atoms with Crippen molar-refractivity contribution in [3.05, 3.63) is 87.8 Å². The number of hydrogen-bond acceptors (Lipinski definition) is 4. The van der Waals surface area contributed by atoms with E-state index in [0.717, 1.165) is 66.8 Å². The fourth-order valence-corrected chi connectivity index (χ4v) is 7.07. The molecule has 1 N–H and O–H groups in total. The second kappa shape index (κ2) is 8.76. The molecule has 4 aliphatic rings. The lowest BCUT2D eigenvalue weighted by atomic mass is 9.70. The lowest BCUT2D eigenvalue weighted by Crippen LogP contribution is -2.47.